The van der Waals surface area contributed by atoms with Crippen molar-refractivity contribution < 1.29 is 14.0 Å². The maximum atomic E-state index is 13.2. The van der Waals surface area contributed by atoms with E-state index >= 15 is 0 Å². The van der Waals surface area contributed by atoms with E-state index in [1.807, 2.05) is 60.7 Å². The zero-order valence-electron chi connectivity index (χ0n) is 18.7. The van der Waals surface area contributed by atoms with Gasteiger partial charge in [0.1, 0.15) is 11.5 Å². The van der Waals surface area contributed by atoms with Crippen LogP contribution in [-0.2, 0) is 11.2 Å². The Hall–Kier alpha value is -4.16. The first-order chi connectivity index (χ1) is 17.2. The first-order valence-electron chi connectivity index (χ1n) is 11.3. The van der Waals surface area contributed by atoms with Crippen LogP contribution in [0.3, 0.4) is 0 Å². The molecule has 35 heavy (non-hydrogen) atoms. The van der Waals surface area contributed by atoms with Crippen LogP contribution in [-0.4, -0.2) is 22.6 Å². The second-order valence-electron chi connectivity index (χ2n) is 8.33. The number of ketones is 1. The summed E-state index contributed by atoms with van der Waals surface area (Å²) in [6, 6.07) is 27.1. The molecule has 0 radical (unpaired) electrons. The molecule has 0 atom stereocenters. The third-order valence-electron chi connectivity index (χ3n) is 6.11. The van der Waals surface area contributed by atoms with Crippen molar-refractivity contribution in [3.8, 4) is 11.1 Å². The number of hydrogen-bond donors (Lipinski definition) is 0. The number of carbonyl (C=O) groups is 2. The molecule has 0 bridgehead atoms. The molecule has 3 aromatic carbocycles. The van der Waals surface area contributed by atoms with Gasteiger partial charge in [0.25, 0.3) is 5.91 Å². The van der Waals surface area contributed by atoms with Crippen LogP contribution >= 0.6 is 11.8 Å². The molecular formula is C29H20N2O3S. The number of Topliss-reactive ketones (excluding diaryl/α,β-unsaturated/α-hetero) is 1. The van der Waals surface area contributed by atoms with Gasteiger partial charge in [-0.2, -0.15) is 0 Å². The zero-order valence-corrected chi connectivity index (χ0v) is 19.5. The molecule has 0 spiro atoms. The lowest BCUT2D eigenvalue weighted by molar-refractivity contribution is -0.113. The fourth-order valence-electron chi connectivity index (χ4n) is 4.44. The Balaban J connectivity index is 1.24. The standard InChI is InChI=1S/C29H20N2O3S/c32-27(20-12-13-25-21(16-20)15-19-7-4-5-11-24(19)25)18-35-29-30-26(17-23-10-6-14-34-23)28(33)31(29)22-8-2-1-3-9-22/h1-14,16-17H,15,18H2/b26-17+. The van der Waals surface area contributed by atoms with Crippen LogP contribution in [0.5, 0.6) is 0 Å². The average molecular weight is 477 g/mol. The molecule has 5 nitrogen and oxygen atoms in total. The van der Waals surface area contributed by atoms with Gasteiger partial charge < -0.3 is 4.42 Å². The number of amides is 1. The maximum absolute atomic E-state index is 13.2. The topological polar surface area (TPSA) is 62.9 Å². The highest BCUT2D eigenvalue weighted by Crippen LogP contribution is 2.37. The smallest absolute Gasteiger partial charge is 0.283 e. The number of furan rings is 1. The highest BCUT2D eigenvalue weighted by Gasteiger charge is 2.32. The molecule has 6 rings (SSSR count). The second kappa shape index (κ2) is 8.89. The fraction of sp³-hybridized carbons (Fsp3) is 0.0690. The minimum absolute atomic E-state index is 0.000353. The second-order valence-corrected chi connectivity index (χ2v) is 9.28. The van der Waals surface area contributed by atoms with Crippen LogP contribution in [0.4, 0.5) is 5.69 Å². The quantitative estimate of drug-likeness (QED) is 0.223. The van der Waals surface area contributed by atoms with Gasteiger partial charge in [-0.3, -0.25) is 14.5 Å². The molecule has 0 saturated heterocycles. The summed E-state index contributed by atoms with van der Waals surface area (Å²) in [5.41, 5.74) is 6.54. The Bertz CT molecular complexity index is 1500. The molecule has 0 N–H and O–H groups in total. The molecular weight excluding hydrogens is 456 g/mol. The fourth-order valence-corrected chi connectivity index (χ4v) is 5.35. The van der Waals surface area contributed by atoms with E-state index in [0.29, 0.717) is 22.2 Å². The Kier molecular flexibility index (Phi) is 5.43. The molecule has 1 amide bonds. The molecule has 4 aromatic rings. The van der Waals surface area contributed by atoms with Crippen LogP contribution in [0.2, 0.25) is 0 Å². The molecule has 1 aromatic heterocycles. The van der Waals surface area contributed by atoms with Crippen LogP contribution in [0.15, 0.2) is 106 Å². The zero-order chi connectivity index (χ0) is 23.8. The van der Waals surface area contributed by atoms with Gasteiger partial charge in [-0.25, -0.2) is 4.99 Å². The lowest BCUT2D eigenvalue weighted by Gasteiger charge is -2.17. The lowest BCUT2D eigenvalue weighted by atomic mass is 10.0. The lowest BCUT2D eigenvalue weighted by Crippen LogP contribution is -2.30. The largest absolute Gasteiger partial charge is 0.465 e. The minimum atomic E-state index is -0.252. The predicted molar refractivity (Wildman–Crippen MR) is 140 cm³/mol. The highest BCUT2D eigenvalue weighted by atomic mass is 32.2. The van der Waals surface area contributed by atoms with Crippen molar-refractivity contribution in [3.05, 3.63) is 119 Å². The number of thioether (sulfide) groups is 1. The summed E-state index contributed by atoms with van der Waals surface area (Å²) >= 11 is 1.26. The first-order valence-corrected chi connectivity index (χ1v) is 12.3. The van der Waals surface area contributed by atoms with Crippen LogP contribution in [0.25, 0.3) is 17.2 Å². The molecule has 0 unspecified atom stereocenters. The van der Waals surface area contributed by atoms with Crippen LogP contribution in [0.1, 0.15) is 27.2 Å². The number of aliphatic imine (C=N–C) groups is 1. The number of para-hydroxylation sites is 1. The molecule has 2 aliphatic rings. The van der Waals surface area contributed by atoms with Gasteiger partial charge in [0.15, 0.2) is 11.0 Å². The molecule has 2 heterocycles. The third kappa shape index (κ3) is 4.02. The summed E-state index contributed by atoms with van der Waals surface area (Å²) in [7, 11) is 0. The number of benzene rings is 3. The Labute approximate surface area is 206 Å². The van der Waals surface area contributed by atoms with Gasteiger partial charge in [0.2, 0.25) is 0 Å². The monoisotopic (exact) mass is 476 g/mol. The SMILES string of the molecule is O=C(CSC1=N/C(=C/c2ccco2)C(=O)N1c1ccccc1)c1ccc2c(c1)Cc1ccccc1-2. The predicted octanol–water partition coefficient (Wildman–Crippen LogP) is 6.21. The van der Waals surface area contributed by atoms with E-state index in [9.17, 15) is 9.59 Å². The first kappa shape index (κ1) is 21.4. The Morgan fingerprint density at radius 3 is 2.57 bits per heavy atom. The average Bonchev–Trinajstić information content (AvgIpc) is 3.61. The molecule has 0 saturated carbocycles. The maximum Gasteiger partial charge on any atom is 0.283 e. The van der Waals surface area contributed by atoms with E-state index in [4.69, 9.17) is 4.42 Å². The number of hydrogen-bond acceptors (Lipinski definition) is 5. The number of amidine groups is 1. The number of nitrogens with zero attached hydrogens (tertiary/aromatic N) is 2. The van der Waals surface area contributed by atoms with Gasteiger partial charge in [0, 0.05) is 11.6 Å². The number of rotatable bonds is 5. The summed E-state index contributed by atoms with van der Waals surface area (Å²) in [6.45, 7) is 0. The molecule has 1 aliphatic carbocycles. The van der Waals surface area contributed by atoms with E-state index < -0.39 is 0 Å². The van der Waals surface area contributed by atoms with E-state index in [0.717, 1.165) is 6.42 Å². The molecule has 6 heteroatoms. The van der Waals surface area contributed by atoms with Gasteiger partial charge in [-0.1, -0.05) is 66.4 Å². The van der Waals surface area contributed by atoms with Crippen molar-refractivity contribution in [2.45, 2.75) is 6.42 Å². The summed E-state index contributed by atoms with van der Waals surface area (Å²) in [5.74, 6) is 0.472. The summed E-state index contributed by atoms with van der Waals surface area (Å²) in [5, 5.41) is 0.473. The van der Waals surface area contributed by atoms with Gasteiger partial charge in [-0.15, -0.1) is 0 Å². The van der Waals surface area contributed by atoms with E-state index in [-0.39, 0.29) is 23.1 Å². The van der Waals surface area contributed by atoms with Gasteiger partial charge >= 0.3 is 0 Å². The normalized spacial score (nSPS) is 15.3. The van der Waals surface area contributed by atoms with E-state index in [1.54, 1.807) is 29.4 Å². The summed E-state index contributed by atoms with van der Waals surface area (Å²) in [6.07, 6.45) is 4.00. The Morgan fingerprint density at radius 1 is 0.943 bits per heavy atom. The number of anilines is 1. The van der Waals surface area contributed by atoms with Gasteiger partial charge in [0.05, 0.1) is 17.7 Å². The molecule has 1 aliphatic heterocycles. The molecule has 0 fully saturated rings. The number of carbonyl (C=O) groups excluding carboxylic acids is 2. The van der Waals surface area contributed by atoms with Crippen molar-refractivity contribution in [1.29, 1.82) is 0 Å². The number of fused-ring (bicyclic) bond motifs is 3. The van der Waals surface area contributed by atoms with Crippen LogP contribution < -0.4 is 4.90 Å². The summed E-state index contributed by atoms with van der Waals surface area (Å²) < 4.78 is 5.36. The van der Waals surface area contributed by atoms with Crippen molar-refractivity contribution >= 4 is 40.4 Å². The third-order valence-corrected chi connectivity index (χ3v) is 7.05. The van der Waals surface area contributed by atoms with Crippen molar-refractivity contribution in [3.63, 3.8) is 0 Å². The van der Waals surface area contributed by atoms with Crippen LogP contribution in [0, 0.1) is 0 Å². The van der Waals surface area contributed by atoms with Crippen molar-refractivity contribution in [2.24, 2.45) is 4.99 Å². The van der Waals surface area contributed by atoms with Crippen molar-refractivity contribution in [2.75, 3.05) is 10.7 Å². The summed E-state index contributed by atoms with van der Waals surface area (Å²) in [4.78, 5) is 32.4. The van der Waals surface area contributed by atoms with Crippen molar-refractivity contribution in [1.82, 2.24) is 0 Å². The van der Waals surface area contributed by atoms with E-state index in [1.165, 1.54) is 34.0 Å². The van der Waals surface area contributed by atoms with Gasteiger partial charge in [-0.05, 0) is 59.0 Å². The minimum Gasteiger partial charge on any atom is -0.465 e. The highest BCUT2D eigenvalue weighted by molar-refractivity contribution is 8.14. The molecule has 170 valence electrons. The Morgan fingerprint density at radius 2 is 1.74 bits per heavy atom. The van der Waals surface area contributed by atoms with E-state index in [2.05, 4.69) is 17.1 Å².